The van der Waals surface area contributed by atoms with Crippen molar-refractivity contribution in [2.75, 3.05) is 43.5 Å². The van der Waals surface area contributed by atoms with Crippen LogP contribution in [0, 0.1) is 0 Å². The predicted molar refractivity (Wildman–Crippen MR) is 369 cm³/mol. The SMILES string of the molecule is CCCN.CCCN.CCCS.CCc1ccc(CN)cc1.CCc1ccc(CN)cc1.CCc1ccc(CO)cc1.NCCC(=O)OCc1ccccc1.O=C(CCO)OCc1ccccc1.SCCS.SCc1ccc(CS)cc1. The monoisotopic (exact) mass is 1220 g/mol. The van der Waals surface area contributed by atoms with Crippen molar-refractivity contribution in [3.63, 3.8) is 0 Å². The van der Waals surface area contributed by atoms with Gasteiger partial charge in [-0.2, -0.15) is 63.1 Å². The Kier molecular flexibility index (Phi) is 67.6. The number of nitrogens with two attached hydrogens (primary N) is 5. The van der Waals surface area contributed by atoms with E-state index in [0.717, 1.165) is 90.6 Å². The van der Waals surface area contributed by atoms with Gasteiger partial charge < -0.3 is 48.4 Å². The largest absolute Gasteiger partial charge is 0.461 e. The Morgan fingerprint density at radius 1 is 0.366 bits per heavy atom. The lowest BCUT2D eigenvalue weighted by Gasteiger charge is -2.02. The fourth-order valence-electron chi connectivity index (χ4n) is 5.28. The molecule has 0 saturated heterocycles. The van der Waals surface area contributed by atoms with Gasteiger partial charge in [-0.1, -0.05) is 199 Å². The van der Waals surface area contributed by atoms with Gasteiger partial charge in [0.1, 0.15) is 13.2 Å². The molecule has 6 rings (SSSR count). The number of thiol groups is 5. The summed E-state index contributed by atoms with van der Waals surface area (Å²) in [7, 11) is 0. The Hall–Kier alpha value is -4.27. The van der Waals surface area contributed by atoms with Crippen LogP contribution < -0.4 is 28.7 Å². The van der Waals surface area contributed by atoms with Crippen molar-refractivity contribution in [2.45, 2.75) is 137 Å². The van der Waals surface area contributed by atoms with Crippen LogP contribution >= 0.6 is 63.1 Å². The molecule has 0 radical (unpaired) electrons. The van der Waals surface area contributed by atoms with Gasteiger partial charge in [-0.3, -0.25) is 9.59 Å². The van der Waals surface area contributed by atoms with Crippen LogP contribution in [0.25, 0.3) is 0 Å². The lowest BCUT2D eigenvalue weighted by atomic mass is 10.1. The number of carbonyl (C=O) groups excluding carboxylic acids is 2. The molecule has 11 nitrogen and oxygen atoms in total. The molecule has 0 spiro atoms. The zero-order valence-electron chi connectivity index (χ0n) is 50.2. The van der Waals surface area contributed by atoms with E-state index >= 15 is 0 Å². The van der Waals surface area contributed by atoms with Gasteiger partial charge in [0.25, 0.3) is 0 Å². The minimum atomic E-state index is -0.369. The van der Waals surface area contributed by atoms with E-state index in [9.17, 15) is 9.59 Å². The molecule has 0 amide bonds. The van der Waals surface area contributed by atoms with Crippen molar-refractivity contribution in [2.24, 2.45) is 28.7 Å². The number of benzene rings is 6. The number of carbonyl (C=O) groups is 2. The Balaban J connectivity index is -0.000000424. The van der Waals surface area contributed by atoms with Crippen molar-refractivity contribution >= 4 is 75.1 Å². The molecule has 0 fully saturated rings. The van der Waals surface area contributed by atoms with Crippen LogP contribution in [0.15, 0.2) is 158 Å². The van der Waals surface area contributed by atoms with E-state index in [2.05, 4.69) is 177 Å². The number of aryl methyl sites for hydroxylation is 3. The van der Waals surface area contributed by atoms with Crippen molar-refractivity contribution in [1.29, 1.82) is 0 Å². The molecule has 16 heteroatoms. The van der Waals surface area contributed by atoms with Gasteiger partial charge in [0.2, 0.25) is 0 Å². The van der Waals surface area contributed by atoms with Crippen LogP contribution in [0.3, 0.4) is 0 Å². The summed E-state index contributed by atoms with van der Waals surface area (Å²) >= 11 is 19.9. The van der Waals surface area contributed by atoms with Gasteiger partial charge in [-0.15, -0.1) is 0 Å². The number of hydrogen-bond acceptors (Lipinski definition) is 16. The highest BCUT2D eigenvalue weighted by Crippen LogP contribution is 2.09. The topological polar surface area (TPSA) is 223 Å². The van der Waals surface area contributed by atoms with Gasteiger partial charge in [0.05, 0.1) is 26.1 Å². The van der Waals surface area contributed by atoms with Crippen molar-refractivity contribution in [3.05, 3.63) is 213 Å². The minimum absolute atomic E-state index is 0.0623. The minimum Gasteiger partial charge on any atom is -0.461 e. The molecule has 0 unspecified atom stereocenters. The first-order valence-electron chi connectivity index (χ1n) is 28.2. The molecule has 0 aliphatic carbocycles. The highest BCUT2D eigenvalue weighted by molar-refractivity contribution is 7.84. The summed E-state index contributed by atoms with van der Waals surface area (Å²) in [5, 5.41) is 17.1. The second-order valence-corrected chi connectivity index (χ2v) is 19.2. The lowest BCUT2D eigenvalue weighted by molar-refractivity contribution is -0.146. The summed E-state index contributed by atoms with van der Waals surface area (Å²) in [5.74, 6) is 3.78. The first-order chi connectivity index (χ1) is 39.8. The van der Waals surface area contributed by atoms with Crippen molar-refractivity contribution in [1.82, 2.24) is 0 Å². The summed E-state index contributed by atoms with van der Waals surface area (Å²) < 4.78 is 9.82. The second-order valence-electron chi connectivity index (χ2n) is 17.3. The zero-order chi connectivity index (χ0) is 62.3. The smallest absolute Gasteiger partial charge is 0.308 e. The maximum absolute atomic E-state index is 10.9. The summed E-state index contributed by atoms with van der Waals surface area (Å²) in [6, 6.07) is 52.2. The standard InChI is InChI=1S/C10H13NO2.C10H12O3.2C9H13N.C9H12O.C8H10S2.2C3H9N.C3H8S.C2H6S2/c2*11-7-6-10(12)13-8-9-4-2-1-3-5-9;3*1-2-8-3-5-9(7-10)6-4-8;9-5-7-1-2-8(6-10)4-3-7;3*1-2-3-4;3-1-2-4/h1-5H,6-8,11H2;1-5,11H,6-8H2;2*3-6H,2,7,10H2,1H3;3-6,10H,2,7H2,1H3;1-4,9-10H,5-6H2;2*2-4H2,1H3;4H,2-3H2,1H3;3-4H,1-2H2. The molecule has 0 heterocycles. The van der Waals surface area contributed by atoms with Crippen LogP contribution in [-0.2, 0) is 82.7 Å². The number of ether oxygens (including phenoxy) is 2. The van der Waals surface area contributed by atoms with Gasteiger partial charge in [0.15, 0.2) is 0 Å². The maximum atomic E-state index is 10.9. The molecular formula is C66H105N5O6S5. The normalized spacial score (nSPS) is 9.29. The number of aliphatic hydroxyl groups is 2. The Labute approximate surface area is 523 Å². The summed E-state index contributed by atoms with van der Waals surface area (Å²) in [6.45, 7) is 16.5. The third-order valence-electron chi connectivity index (χ3n) is 10.4. The molecule has 0 aromatic heterocycles. The molecule has 82 heavy (non-hydrogen) atoms. The molecule has 0 saturated carbocycles. The van der Waals surface area contributed by atoms with Gasteiger partial charge >= 0.3 is 11.9 Å². The first-order valence-corrected chi connectivity index (χ1v) is 31.4. The average molecular weight is 1220 g/mol. The Morgan fingerprint density at radius 2 is 0.646 bits per heavy atom. The molecule has 6 aromatic carbocycles. The van der Waals surface area contributed by atoms with Crippen molar-refractivity contribution < 1.29 is 29.3 Å². The average Bonchev–Trinajstić information content (AvgIpc) is 3.55. The van der Waals surface area contributed by atoms with Crippen molar-refractivity contribution in [3.8, 4) is 0 Å². The fraction of sp³-hybridized carbons (Fsp3) is 0.424. The summed E-state index contributed by atoms with van der Waals surface area (Å²) in [4.78, 5) is 21.7. The van der Waals surface area contributed by atoms with E-state index in [1.807, 2.05) is 84.9 Å². The Morgan fingerprint density at radius 3 is 0.866 bits per heavy atom. The van der Waals surface area contributed by atoms with Gasteiger partial charge in [-0.25, -0.2) is 0 Å². The molecular weight excluding hydrogens is 1120 g/mol. The van der Waals surface area contributed by atoms with Gasteiger partial charge in [-0.05, 0) is 125 Å². The molecule has 0 aliphatic heterocycles. The zero-order valence-corrected chi connectivity index (χ0v) is 54.7. The third kappa shape index (κ3) is 54.9. The number of aliphatic hydroxyl groups excluding tert-OH is 2. The fourth-order valence-corrected chi connectivity index (χ4v) is 5.70. The van der Waals surface area contributed by atoms with E-state index in [4.69, 9.17) is 48.4 Å². The van der Waals surface area contributed by atoms with E-state index in [1.54, 1.807) is 0 Å². The molecule has 6 aromatic rings. The predicted octanol–water partition coefficient (Wildman–Crippen LogP) is 12.8. The van der Waals surface area contributed by atoms with Crippen LogP contribution in [-0.4, -0.2) is 65.7 Å². The highest BCUT2D eigenvalue weighted by atomic mass is 32.1. The first kappa shape index (κ1) is 84.2. The summed E-state index contributed by atoms with van der Waals surface area (Å²) in [6.07, 6.45) is 6.99. The maximum Gasteiger partial charge on any atom is 0.308 e. The van der Waals surface area contributed by atoms with Crippen LogP contribution in [0.1, 0.15) is 129 Å². The molecule has 0 bridgehead atoms. The number of esters is 2. The van der Waals surface area contributed by atoms with E-state index in [1.165, 1.54) is 45.4 Å². The molecule has 460 valence electrons. The number of rotatable bonds is 20. The highest BCUT2D eigenvalue weighted by Gasteiger charge is 2.02. The quantitative estimate of drug-likeness (QED) is 0.0255. The summed E-state index contributed by atoms with van der Waals surface area (Å²) in [5.41, 5.74) is 38.1. The lowest BCUT2D eigenvalue weighted by Crippen LogP contribution is -2.10. The van der Waals surface area contributed by atoms with Gasteiger partial charge in [0, 0.05) is 31.1 Å². The molecule has 0 aliphatic rings. The van der Waals surface area contributed by atoms with E-state index in [0.29, 0.717) is 26.2 Å². The number of hydrogen-bond donors (Lipinski definition) is 12. The van der Waals surface area contributed by atoms with Crippen LogP contribution in [0.5, 0.6) is 0 Å². The third-order valence-corrected chi connectivity index (χ3v) is 12.4. The van der Waals surface area contributed by atoms with Crippen LogP contribution in [0.2, 0.25) is 0 Å². The Bertz CT molecular complexity index is 1870. The van der Waals surface area contributed by atoms with E-state index in [-0.39, 0.29) is 44.6 Å². The van der Waals surface area contributed by atoms with E-state index < -0.39 is 0 Å². The second kappa shape index (κ2) is 65.9. The molecule has 0 atom stereocenters. The van der Waals surface area contributed by atoms with Crippen LogP contribution in [0.4, 0.5) is 0 Å². The molecule has 12 N–H and O–H groups in total.